The highest BCUT2D eigenvalue weighted by Crippen LogP contribution is 2.58. The Morgan fingerprint density at radius 2 is 2.21 bits per heavy atom. The van der Waals surface area contributed by atoms with Crippen LogP contribution in [0.15, 0.2) is 35.5 Å². The number of hydrogen-bond donors (Lipinski definition) is 1. The topological polar surface area (TPSA) is 49.8 Å². The second-order valence-electron chi connectivity index (χ2n) is 8.26. The van der Waals surface area contributed by atoms with E-state index in [0.717, 1.165) is 24.7 Å². The Kier molecular flexibility index (Phi) is 5.07. The first-order chi connectivity index (χ1) is 11.5. The minimum Gasteiger partial charge on any atom is -0.327 e. The Morgan fingerprint density at radius 3 is 2.92 bits per heavy atom. The fraction of sp³-hybridized carbons (Fsp3) is 0.667. The van der Waals surface area contributed by atoms with Crippen molar-refractivity contribution in [3.05, 3.63) is 35.5 Å². The smallest absolute Gasteiger partial charge is 0.0724 e. The molecule has 126 valence electrons. The molecule has 0 heterocycles. The van der Waals surface area contributed by atoms with Gasteiger partial charge < -0.3 is 5.73 Å². The van der Waals surface area contributed by atoms with Gasteiger partial charge in [-0.1, -0.05) is 44.0 Å². The summed E-state index contributed by atoms with van der Waals surface area (Å²) < 4.78 is 0. The molecule has 5 atom stereocenters. The molecule has 0 amide bonds. The number of nitrogens with zero attached hydrogens (tertiary/aromatic N) is 1. The summed E-state index contributed by atoms with van der Waals surface area (Å²) in [6.07, 6.45) is 13.2. The fourth-order valence-electron chi connectivity index (χ4n) is 5.41. The lowest BCUT2D eigenvalue weighted by molar-refractivity contribution is 0.147. The van der Waals surface area contributed by atoms with Crippen molar-refractivity contribution < 1.29 is 0 Å². The first kappa shape index (κ1) is 17.6. The van der Waals surface area contributed by atoms with E-state index in [1.54, 1.807) is 5.57 Å². The molecule has 2 radical (unpaired) electrons. The molecule has 5 unspecified atom stereocenters. The Labute approximate surface area is 148 Å². The molecule has 0 spiro atoms. The van der Waals surface area contributed by atoms with Crippen molar-refractivity contribution in [2.24, 2.45) is 28.9 Å². The Hall–Kier alpha value is -1.27. The monoisotopic (exact) mass is 320 g/mol. The molecule has 3 saturated carbocycles. The molecule has 3 aliphatic carbocycles. The molecule has 0 aliphatic heterocycles. The molecule has 3 rings (SSSR count). The van der Waals surface area contributed by atoms with Crippen LogP contribution in [0.5, 0.6) is 0 Å². The second-order valence-corrected chi connectivity index (χ2v) is 8.26. The van der Waals surface area contributed by atoms with Crippen LogP contribution < -0.4 is 5.73 Å². The SMILES string of the molecule is [B]CC1CCC2/C(=C/C=C3/CC(N)CC(C#N)C3=C)CCCC12C. The van der Waals surface area contributed by atoms with Crippen molar-refractivity contribution >= 4 is 7.85 Å². The molecule has 2 N–H and O–H groups in total. The Bertz CT molecular complexity index is 612. The zero-order valence-electron chi connectivity index (χ0n) is 14.9. The van der Waals surface area contributed by atoms with E-state index in [9.17, 15) is 5.26 Å². The third-order valence-corrected chi connectivity index (χ3v) is 6.95. The van der Waals surface area contributed by atoms with Gasteiger partial charge >= 0.3 is 0 Å². The van der Waals surface area contributed by atoms with Crippen molar-refractivity contribution in [1.82, 2.24) is 0 Å². The van der Waals surface area contributed by atoms with Crippen LogP contribution in [0.2, 0.25) is 6.32 Å². The number of hydrogen-bond acceptors (Lipinski definition) is 2. The van der Waals surface area contributed by atoms with Gasteiger partial charge in [-0.15, -0.1) is 0 Å². The maximum absolute atomic E-state index is 9.31. The molecule has 0 aromatic carbocycles. The summed E-state index contributed by atoms with van der Waals surface area (Å²) in [5.41, 5.74) is 10.2. The highest BCUT2D eigenvalue weighted by Gasteiger charge is 2.47. The van der Waals surface area contributed by atoms with E-state index >= 15 is 0 Å². The zero-order valence-corrected chi connectivity index (χ0v) is 14.9. The lowest BCUT2D eigenvalue weighted by Crippen LogP contribution is -2.33. The summed E-state index contributed by atoms with van der Waals surface area (Å²) >= 11 is 0. The summed E-state index contributed by atoms with van der Waals surface area (Å²) in [7, 11) is 6.04. The fourth-order valence-corrected chi connectivity index (χ4v) is 5.41. The summed E-state index contributed by atoms with van der Waals surface area (Å²) in [5, 5.41) is 9.31. The summed E-state index contributed by atoms with van der Waals surface area (Å²) in [6, 6.07) is 2.43. The normalized spacial score (nSPS) is 43.0. The van der Waals surface area contributed by atoms with E-state index in [1.165, 1.54) is 37.7 Å². The predicted molar refractivity (Wildman–Crippen MR) is 100 cm³/mol. The highest BCUT2D eigenvalue weighted by atomic mass is 14.6. The van der Waals surface area contributed by atoms with Crippen LogP contribution >= 0.6 is 0 Å². The molecule has 3 fully saturated rings. The lowest BCUT2D eigenvalue weighted by atomic mass is 9.61. The molecule has 0 saturated heterocycles. The number of rotatable bonds is 2. The van der Waals surface area contributed by atoms with E-state index in [1.807, 2.05) is 0 Å². The average Bonchev–Trinajstić information content (AvgIpc) is 2.91. The molecule has 24 heavy (non-hydrogen) atoms. The van der Waals surface area contributed by atoms with Gasteiger partial charge in [-0.3, -0.25) is 0 Å². The molecule has 2 nitrogen and oxygen atoms in total. The number of fused-ring (bicyclic) bond motifs is 1. The third-order valence-electron chi connectivity index (χ3n) is 6.95. The number of allylic oxidation sites excluding steroid dienone is 4. The van der Waals surface area contributed by atoms with Gasteiger partial charge in [0.15, 0.2) is 0 Å². The summed E-state index contributed by atoms with van der Waals surface area (Å²) in [5.74, 6) is 1.22. The number of nitriles is 1. The van der Waals surface area contributed by atoms with Crippen LogP contribution in [0.1, 0.15) is 51.9 Å². The number of nitrogens with two attached hydrogens (primary N) is 1. The zero-order chi connectivity index (χ0) is 17.3. The maximum atomic E-state index is 9.31. The third kappa shape index (κ3) is 3.02. The van der Waals surface area contributed by atoms with E-state index in [-0.39, 0.29) is 12.0 Å². The summed E-state index contributed by atoms with van der Waals surface area (Å²) in [4.78, 5) is 0. The predicted octanol–water partition coefficient (Wildman–Crippen LogP) is 4.46. The van der Waals surface area contributed by atoms with Crippen LogP contribution in [-0.2, 0) is 0 Å². The van der Waals surface area contributed by atoms with E-state index < -0.39 is 0 Å². The highest BCUT2D eigenvalue weighted by molar-refractivity contribution is 6.08. The van der Waals surface area contributed by atoms with Gasteiger partial charge in [0.2, 0.25) is 0 Å². The molecular weight excluding hydrogens is 291 g/mol. The van der Waals surface area contributed by atoms with Crippen molar-refractivity contribution in [1.29, 1.82) is 5.26 Å². The minimum absolute atomic E-state index is 0.0783. The second kappa shape index (κ2) is 6.92. The van der Waals surface area contributed by atoms with Gasteiger partial charge in [-0.25, -0.2) is 0 Å². The first-order valence-corrected chi connectivity index (χ1v) is 9.43. The van der Waals surface area contributed by atoms with Gasteiger partial charge in [0.1, 0.15) is 0 Å². The van der Waals surface area contributed by atoms with E-state index in [0.29, 0.717) is 17.3 Å². The standard InChI is InChI=1S/C21H29BN2/c1-14-16(10-19(24)11-17(14)13-23)6-5-15-4-3-9-21(2)18(12-22)7-8-20(15)21/h5-6,17-20H,1,3-4,7-12,24H2,2H3/b15-5+,16-6-. The van der Waals surface area contributed by atoms with Crippen LogP contribution in [0.3, 0.4) is 0 Å². The van der Waals surface area contributed by atoms with Crippen molar-refractivity contribution in [3.63, 3.8) is 0 Å². The van der Waals surface area contributed by atoms with Crippen LogP contribution in [0, 0.1) is 34.5 Å². The Morgan fingerprint density at radius 1 is 1.42 bits per heavy atom. The largest absolute Gasteiger partial charge is 0.327 e. The van der Waals surface area contributed by atoms with Crippen molar-refractivity contribution in [2.75, 3.05) is 0 Å². The van der Waals surface area contributed by atoms with Crippen molar-refractivity contribution in [3.8, 4) is 6.07 Å². The van der Waals surface area contributed by atoms with Crippen LogP contribution in [-0.4, -0.2) is 13.9 Å². The van der Waals surface area contributed by atoms with Gasteiger partial charge in [0, 0.05) is 6.04 Å². The lowest BCUT2D eigenvalue weighted by Gasteiger charge is -2.42. The Balaban J connectivity index is 1.83. The van der Waals surface area contributed by atoms with E-state index in [4.69, 9.17) is 13.6 Å². The maximum Gasteiger partial charge on any atom is 0.0724 e. The summed E-state index contributed by atoms with van der Waals surface area (Å²) in [6.45, 7) is 6.61. The minimum atomic E-state index is -0.122. The van der Waals surface area contributed by atoms with Gasteiger partial charge in [-0.2, -0.15) is 5.26 Å². The molecule has 0 aromatic heterocycles. The first-order valence-electron chi connectivity index (χ1n) is 9.43. The van der Waals surface area contributed by atoms with Crippen molar-refractivity contribution in [2.45, 2.75) is 64.2 Å². The average molecular weight is 320 g/mol. The molecule has 3 aliphatic rings. The van der Waals surface area contributed by atoms with Crippen LogP contribution in [0.4, 0.5) is 0 Å². The van der Waals surface area contributed by atoms with Gasteiger partial charge in [0.05, 0.1) is 19.8 Å². The molecule has 0 aromatic rings. The molecule has 3 heteroatoms. The molecule has 0 bridgehead atoms. The quantitative estimate of drug-likeness (QED) is 0.764. The molecular formula is C21H29BN2. The van der Waals surface area contributed by atoms with Gasteiger partial charge in [0.25, 0.3) is 0 Å². The van der Waals surface area contributed by atoms with Crippen LogP contribution in [0.25, 0.3) is 0 Å². The van der Waals surface area contributed by atoms with Gasteiger partial charge in [-0.05, 0) is 66.9 Å². The van der Waals surface area contributed by atoms with E-state index in [2.05, 4.69) is 31.7 Å².